The molecule has 1 aromatic heterocycles. The molecule has 136 valence electrons. The maximum atomic E-state index is 12.5. The number of nitrogens with one attached hydrogen (secondary N) is 1. The molecule has 0 saturated heterocycles. The van der Waals surface area contributed by atoms with Gasteiger partial charge in [0.05, 0.1) is 22.6 Å². The lowest BCUT2D eigenvalue weighted by atomic mass is 10.2. The zero-order valence-electron chi connectivity index (χ0n) is 14.9. The van der Waals surface area contributed by atoms with Gasteiger partial charge >= 0.3 is 0 Å². The number of aryl methyl sites for hydroxylation is 2. The number of anilines is 1. The highest BCUT2D eigenvalue weighted by Crippen LogP contribution is 2.30. The van der Waals surface area contributed by atoms with E-state index in [4.69, 9.17) is 4.74 Å². The lowest BCUT2D eigenvalue weighted by molar-refractivity contribution is 0.103. The highest BCUT2D eigenvalue weighted by Gasteiger charge is 2.20. The predicted molar refractivity (Wildman–Crippen MR) is 100 cm³/mol. The van der Waals surface area contributed by atoms with Crippen LogP contribution in [0.2, 0.25) is 0 Å². The second-order valence-electron chi connectivity index (χ2n) is 5.65. The molecule has 8 heteroatoms. The Morgan fingerprint density at radius 2 is 1.96 bits per heavy atom. The SMILES string of the molecule is CCc1cc(C(=O)Nc2cc(S(=O)(=O)N(C)C)ccc2OC)sc1C. The van der Waals surface area contributed by atoms with Gasteiger partial charge in [-0.3, -0.25) is 4.79 Å². The average Bonchev–Trinajstić information content (AvgIpc) is 2.95. The number of amides is 1. The number of ether oxygens (including phenoxy) is 1. The van der Waals surface area contributed by atoms with E-state index in [1.54, 1.807) is 0 Å². The van der Waals surface area contributed by atoms with Gasteiger partial charge in [0, 0.05) is 19.0 Å². The second-order valence-corrected chi connectivity index (χ2v) is 9.06. The predicted octanol–water partition coefficient (Wildman–Crippen LogP) is 3.13. The van der Waals surface area contributed by atoms with Crippen LogP contribution < -0.4 is 10.1 Å². The third-order valence-corrected chi connectivity index (χ3v) is 6.73. The number of hydrogen-bond acceptors (Lipinski definition) is 5. The van der Waals surface area contributed by atoms with Gasteiger partial charge in [-0.1, -0.05) is 6.92 Å². The quantitative estimate of drug-likeness (QED) is 0.833. The minimum Gasteiger partial charge on any atom is -0.495 e. The van der Waals surface area contributed by atoms with Gasteiger partial charge < -0.3 is 10.1 Å². The number of sulfonamides is 1. The van der Waals surface area contributed by atoms with Crippen LogP contribution in [-0.2, 0) is 16.4 Å². The van der Waals surface area contributed by atoms with Crippen molar-refractivity contribution in [2.24, 2.45) is 0 Å². The molecule has 6 nitrogen and oxygen atoms in total. The van der Waals surface area contributed by atoms with E-state index in [9.17, 15) is 13.2 Å². The Hall–Kier alpha value is -1.90. The molecule has 1 heterocycles. The standard InChI is InChI=1S/C17H22N2O4S2/c1-6-12-9-16(24-11(12)2)17(20)18-14-10-13(7-8-15(14)23-5)25(21,22)19(3)4/h7-10H,6H2,1-5H3,(H,18,20). The molecule has 25 heavy (non-hydrogen) atoms. The van der Waals surface area contributed by atoms with Gasteiger partial charge in [0.15, 0.2) is 0 Å². The van der Waals surface area contributed by atoms with E-state index in [0.717, 1.165) is 21.2 Å². The molecule has 0 atom stereocenters. The highest BCUT2D eigenvalue weighted by atomic mass is 32.2. The maximum Gasteiger partial charge on any atom is 0.265 e. The maximum absolute atomic E-state index is 12.5. The Balaban J connectivity index is 2.38. The molecule has 0 aliphatic rings. The summed E-state index contributed by atoms with van der Waals surface area (Å²) >= 11 is 1.42. The monoisotopic (exact) mass is 382 g/mol. The first-order valence-electron chi connectivity index (χ1n) is 7.72. The molecular weight excluding hydrogens is 360 g/mol. The van der Waals surface area contributed by atoms with Gasteiger partial charge in [0.1, 0.15) is 5.75 Å². The van der Waals surface area contributed by atoms with Crippen molar-refractivity contribution in [3.63, 3.8) is 0 Å². The summed E-state index contributed by atoms with van der Waals surface area (Å²) in [6.45, 7) is 4.01. The summed E-state index contributed by atoms with van der Waals surface area (Å²) in [5, 5.41) is 2.76. The van der Waals surface area contributed by atoms with Gasteiger partial charge in [0.2, 0.25) is 10.0 Å². The van der Waals surface area contributed by atoms with Crippen molar-refractivity contribution in [2.45, 2.75) is 25.2 Å². The van der Waals surface area contributed by atoms with Crippen LogP contribution in [0.3, 0.4) is 0 Å². The number of thiophene rings is 1. The van der Waals surface area contributed by atoms with Crippen LogP contribution in [-0.4, -0.2) is 39.8 Å². The highest BCUT2D eigenvalue weighted by molar-refractivity contribution is 7.89. The normalized spacial score (nSPS) is 11.6. The molecule has 0 spiro atoms. The lowest BCUT2D eigenvalue weighted by Crippen LogP contribution is -2.22. The van der Waals surface area contributed by atoms with Crippen LogP contribution in [0.15, 0.2) is 29.2 Å². The van der Waals surface area contributed by atoms with E-state index >= 15 is 0 Å². The minimum absolute atomic E-state index is 0.0882. The topological polar surface area (TPSA) is 75.7 Å². The summed E-state index contributed by atoms with van der Waals surface area (Å²) < 4.78 is 31.0. The van der Waals surface area contributed by atoms with Crippen LogP contribution in [0, 0.1) is 6.92 Å². The molecule has 0 aliphatic heterocycles. The molecule has 0 fully saturated rings. The summed E-state index contributed by atoms with van der Waals surface area (Å²) in [4.78, 5) is 14.3. The van der Waals surface area contributed by atoms with E-state index in [0.29, 0.717) is 16.3 Å². The molecule has 1 aromatic carbocycles. The second kappa shape index (κ2) is 7.55. The van der Waals surface area contributed by atoms with E-state index in [-0.39, 0.29) is 10.8 Å². The van der Waals surface area contributed by atoms with E-state index < -0.39 is 10.0 Å². The summed E-state index contributed by atoms with van der Waals surface area (Å²) in [5.41, 5.74) is 1.45. The number of carbonyl (C=O) groups excluding carboxylic acids is 1. The number of benzene rings is 1. The Morgan fingerprint density at radius 1 is 1.28 bits per heavy atom. The van der Waals surface area contributed by atoms with E-state index in [2.05, 4.69) is 5.32 Å². The fraction of sp³-hybridized carbons (Fsp3) is 0.353. The molecular formula is C17H22N2O4S2. The summed E-state index contributed by atoms with van der Waals surface area (Å²) in [7, 11) is 0.779. The fourth-order valence-corrected chi connectivity index (χ4v) is 4.26. The van der Waals surface area contributed by atoms with Crippen LogP contribution >= 0.6 is 11.3 Å². The zero-order valence-corrected chi connectivity index (χ0v) is 16.5. The van der Waals surface area contributed by atoms with Gasteiger partial charge in [-0.15, -0.1) is 11.3 Å². The van der Waals surface area contributed by atoms with Crippen molar-refractivity contribution in [3.05, 3.63) is 39.6 Å². The van der Waals surface area contributed by atoms with Crippen molar-refractivity contribution < 1.29 is 17.9 Å². The first-order chi connectivity index (χ1) is 11.7. The Kier molecular flexibility index (Phi) is 5.87. The van der Waals surface area contributed by atoms with Crippen molar-refractivity contribution in [1.29, 1.82) is 0 Å². The molecule has 0 saturated carbocycles. The summed E-state index contributed by atoms with van der Waals surface area (Å²) in [6, 6.07) is 6.26. The summed E-state index contributed by atoms with van der Waals surface area (Å²) in [6.07, 6.45) is 0.857. The van der Waals surface area contributed by atoms with Gasteiger partial charge in [0.25, 0.3) is 5.91 Å². The summed E-state index contributed by atoms with van der Waals surface area (Å²) in [5.74, 6) is 0.112. The van der Waals surface area contributed by atoms with Crippen molar-refractivity contribution >= 4 is 33.0 Å². The van der Waals surface area contributed by atoms with Crippen molar-refractivity contribution in [3.8, 4) is 5.75 Å². The first-order valence-corrected chi connectivity index (χ1v) is 9.97. The largest absolute Gasteiger partial charge is 0.495 e. The number of carbonyl (C=O) groups is 1. The third-order valence-electron chi connectivity index (χ3n) is 3.82. The average molecular weight is 383 g/mol. The van der Waals surface area contributed by atoms with Gasteiger partial charge in [-0.05, 0) is 43.2 Å². The molecule has 0 bridgehead atoms. The molecule has 0 radical (unpaired) electrons. The molecule has 1 N–H and O–H groups in total. The molecule has 2 rings (SSSR count). The smallest absolute Gasteiger partial charge is 0.265 e. The zero-order chi connectivity index (χ0) is 18.8. The number of nitrogens with zero attached hydrogens (tertiary/aromatic N) is 1. The van der Waals surface area contributed by atoms with E-state index in [1.165, 1.54) is 50.7 Å². The Bertz CT molecular complexity index is 886. The van der Waals surface area contributed by atoms with Crippen LogP contribution in [0.5, 0.6) is 5.75 Å². The fourth-order valence-electron chi connectivity index (χ4n) is 2.32. The molecule has 1 amide bonds. The number of hydrogen-bond donors (Lipinski definition) is 1. The molecule has 0 unspecified atom stereocenters. The number of rotatable bonds is 6. The van der Waals surface area contributed by atoms with E-state index in [1.807, 2.05) is 19.9 Å². The third kappa shape index (κ3) is 4.02. The van der Waals surface area contributed by atoms with Crippen molar-refractivity contribution in [2.75, 3.05) is 26.5 Å². The van der Waals surface area contributed by atoms with Crippen LogP contribution in [0.1, 0.15) is 27.0 Å². The minimum atomic E-state index is -3.60. The molecule has 0 aliphatic carbocycles. The van der Waals surface area contributed by atoms with Crippen molar-refractivity contribution in [1.82, 2.24) is 4.31 Å². The molecule has 2 aromatic rings. The Labute approximate surface area is 152 Å². The van der Waals surface area contributed by atoms with Gasteiger partial charge in [-0.25, -0.2) is 12.7 Å². The van der Waals surface area contributed by atoms with Crippen LogP contribution in [0.25, 0.3) is 0 Å². The van der Waals surface area contributed by atoms with Crippen LogP contribution in [0.4, 0.5) is 5.69 Å². The first kappa shape index (κ1) is 19.4. The lowest BCUT2D eigenvalue weighted by Gasteiger charge is -2.15. The number of methoxy groups -OCH3 is 1. The van der Waals surface area contributed by atoms with Gasteiger partial charge in [-0.2, -0.15) is 0 Å². The Morgan fingerprint density at radius 3 is 2.48 bits per heavy atom.